The molecule has 0 aromatic rings. The van der Waals surface area contributed by atoms with Crippen LogP contribution in [0, 0.1) is 0 Å². The highest BCUT2D eigenvalue weighted by Gasteiger charge is 2.24. The average molecular weight is 266 g/mol. The monoisotopic (exact) mass is 266 g/mol. The van der Waals surface area contributed by atoms with Crippen molar-refractivity contribution in [1.29, 1.82) is 0 Å². The first-order chi connectivity index (χ1) is 8.90. The Morgan fingerprint density at radius 1 is 1.00 bits per heavy atom. The Labute approximate surface area is 110 Å². The summed E-state index contributed by atoms with van der Waals surface area (Å²) >= 11 is 0. The van der Waals surface area contributed by atoms with Crippen molar-refractivity contribution >= 4 is 23.9 Å². The third-order valence-corrected chi connectivity index (χ3v) is 2.06. The lowest BCUT2D eigenvalue weighted by Crippen LogP contribution is -1.99. The zero-order chi connectivity index (χ0) is 14.4. The maximum atomic E-state index is 10.3. The fourth-order valence-electron chi connectivity index (χ4n) is 0.895. The van der Waals surface area contributed by atoms with Gasteiger partial charge in [0.25, 0.3) is 0 Å². The van der Waals surface area contributed by atoms with Crippen molar-refractivity contribution < 1.29 is 28.7 Å². The highest BCUT2D eigenvalue weighted by molar-refractivity contribution is 6.08. The molecule has 0 bridgehead atoms. The zero-order valence-electron chi connectivity index (χ0n) is 10.6. The van der Waals surface area contributed by atoms with Gasteiger partial charge in [0, 0.05) is 17.2 Å². The van der Waals surface area contributed by atoms with E-state index in [1.807, 2.05) is 0 Å². The molecule has 6 nitrogen and oxygen atoms in total. The van der Waals surface area contributed by atoms with Gasteiger partial charge in [-0.15, -0.1) is 0 Å². The highest BCUT2D eigenvalue weighted by Crippen LogP contribution is 2.14. The summed E-state index contributed by atoms with van der Waals surface area (Å²) in [5.74, 6) is -2.18. The predicted octanol–water partition coefficient (Wildman–Crippen LogP) is 1.20. The van der Waals surface area contributed by atoms with Gasteiger partial charge in [-0.1, -0.05) is 25.8 Å². The van der Waals surface area contributed by atoms with Gasteiger partial charge in [0.2, 0.25) is 0 Å². The zero-order valence-corrected chi connectivity index (χ0v) is 10.6. The van der Waals surface area contributed by atoms with Crippen LogP contribution in [0.4, 0.5) is 0 Å². The van der Waals surface area contributed by atoms with Crippen molar-refractivity contribution in [2.75, 3.05) is 0 Å². The smallest absolute Gasteiger partial charge is 0.341 e. The van der Waals surface area contributed by atoms with Gasteiger partial charge in [-0.3, -0.25) is 4.79 Å². The third kappa shape index (κ3) is 5.76. The Morgan fingerprint density at radius 2 is 1.58 bits per heavy atom. The van der Waals surface area contributed by atoms with E-state index in [9.17, 15) is 19.2 Å². The lowest BCUT2D eigenvalue weighted by Gasteiger charge is -1.83. The van der Waals surface area contributed by atoms with Crippen LogP contribution < -0.4 is 0 Å². The van der Waals surface area contributed by atoms with Crippen molar-refractivity contribution in [3.05, 3.63) is 23.8 Å². The fraction of sp³-hybridized carbons (Fsp3) is 0.385. The van der Waals surface area contributed by atoms with E-state index in [-0.39, 0.29) is 12.0 Å². The van der Waals surface area contributed by atoms with E-state index in [0.717, 1.165) is 0 Å². The second-order valence-electron chi connectivity index (χ2n) is 4.14. The van der Waals surface area contributed by atoms with Crippen molar-refractivity contribution in [3.63, 3.8) is 0 Å². The largest absolute Gasteiger partial charge is 0.389 e. The van der Waals surface area contributed by atoms with E-state index >= 15 is 0 Å². The van der Waals surface area contributed by atoms with E-state index in [1.54, 1.807) is 0 Å². The Hall–Kier alpha value is -2.24. The summed E-state index contributed by atoms with van der Waals surface area (Å²) in [7, 11) is 0. The molecule has 0 unspecified atom stereocenters. The van der Waals surface area contributed by atoms with Gasteiger partial charge in [0.05, 0.1) is 6.42 Å². The summed E-state index contributed by atoms with van der Waals surface area (Å²) in [5.41, 5.74) is 0.616. The topological polar surface area (TPSA) is 86.7 Å². The molecule has 2 fully saturated rings. The van der Waals surface area contributed by atoms with Gasteiger partial charge in [0.15, 0.2) is 0 Å². The fourth-order valence-corrected chi connectivity index (χ4v) is 0.895. The van der Waals surface area contributed by atoms with Crippen molar-refractivity contribution in [3.8, 4) is 0 Å². The molecule has 2 heterocycles. The van der Waals surface area contributed by atoms with E-state index in [2.05, 4.69) is 16.1 Å². The van der Waals surface area contributed by atoms with E-state index < -0.39 is 23.9 Å². The number of rotatable bonds is 0. The summed E-state index contributed by atoms with van der Waals surface area (Å²) in [6.45, 7) is 4.83. The van der Waals surface area contributed by atoms with Gasteiger partial charge >= 0.3 is 23.9 Å². The van der Waals surface area contributed by atoms with Crippen LogP contribution in [0.2, 0.25) is 0 Å². The molecule has 0 amide bonds. The molecule has 6 heteroatoms. The van der Waals surface area contributed by atoms with Gasteiger partial charge in [-0.2, -0.15) is 0 Å². The first-order valence-electron chi connectivity index (χ1n) is 5.77. The number of cyclic esters (lactones) is 4. The molecule has 1 saturated heterocycles. The maximum Gasteiger partial charge on any atom is 0.341 e. The minimum atomic E-state index is -0.588. The number of hydrogen-bond acceptors (Lipinski definition) is 6. The van der Waals surface area contributed by atoms with Crippen LogP contribution >= 0.6 is 0 Å². The summed E-state index contributed by atoms with van der Waals surface area (Å²) in [6, 6.07) is 0. The number of carbonyl (C=O) groups is 4. The summed E-state index contributed by atoms with van der Waals surface area (Å²) in [5, 5.41) is 0. The first-order valence-corrected chi connectivity index (χ1v) is 5.77. The standard InChI is InChI=1S/2C5H4O3.C3H6/c2*1-3-2-4(6)8-5(3)7;1-2-3-1/h2H,1H3;1-2H2;1-3H2. The van der Waals surface area contributed by atoms with Crippen LogP contribution in [0.15, 0.2) is 23.8 Å². The Balaban J connectivity index is 0.000000156. The van der Waals surface area contributed by atoms with Gasteiger partial charge in [0.1, 0.15) is 0 Å². The minimum Gasteiger partial charge on any atom is -0.389 e. The lowest BCUT2D eigenvalue weighted by molar-refractivity contribution is -0.152. The van der Waals surface area contributed by atoms with E-state index in [4.69, 9.17) is 0 Å². The summed E-state index contributed by atoms with van der Waals surface area (Å²) < 4.78 is 8.20. The minimum absolute atomic E-state index is 0.0544. The molecule has 0 N–H and O–H groups in total. The number of esters is 4. The van der Waals surface area contributed by atoms with Crippen molar-refractivity contribution in [2.45, 2.75) is 32.6 Å². The molecule has 0 aromatic heterocycles. The van der Waals surface area contributed by atoms with E-state index in [1.165, 1.54) is 32.3 Å². The number of carbonyl (C=O) groups excluding carboxylic acids is 4. The normalized spacial score (nSPS) is 19.6. The second-order valence-corrected chi connectivity index (χ2v) is 4.14. The predicted molar refractivity (Wildman–Crippen MR) is 63.6 cm³/mol. The Bertz CT molecular complexity index is 446. The first kappa shape index (κ1) is 14.8. The van der Waals surface area contributed by atoms with Crippen LogP contribution in [0.1, 0.15) is 32.6 Å². The van der Waals surface area contributed by atoms with Crippen LogP contribution in [0.3, 0.4) is 0 Å². The quantitative estimate of drug-likeness (QED) is 0.372. The van der Waals surface area contributed by atoms with Crippen LogP contribution in [-0.2, 0) is 28.7 Å². The summed E-state index contributed by atoms with van der Waals surface area (Å²) in [6.07, 6.45) is 5.72. The average Bonchev–Trinajstić information content (AvgIpc) is 3.09. The molecule has 0 spiro atoms. The van der Waals surface area contributed by atoms with Gasteiger partial charge in [-0.05, 0) is 6.92 Å². The molecular formula is C13H14O6. The molecule has 102 valence electrons. The van der Waals surface area contributed by atoms with Gasteiger partial charge in [-0.25, -0.2) is 14.4 Å². The number of ether oxygens (including phenoxy) is 2. The third-order valence-electron chi connectivity index (χ3n) is 2.06. The molecule has 19 heavy (non-hydrogen) atoms. The molecule has 1 saturated carbocycles. The second kappa shape index (κ2) is 6.63. The Kier molecular flexibility index (Phi) is 5.17. The molecular weight excluding hydrogens is 252 g/mol. The van der Waals surface area contributed by atoms with Crippen molar-refractivity contribution in [2.24, 2.45) is 0 Å². The SMILES string of the molecule is C1CC1.C=C1CC(=O)OC1=O.CC1=CC(=O)OC1=O. The molecule has 3 aliphatic rings. The van der Waals surface area contributed by atoms with Crippen LogP contribution in [0.5, 0.6) is 0 Å². The molecule has 1 aliphatic carbocycles. The maximum absolute atomic E-state index is 10.3. The highest BCUT2D eigenvalue weighted by atomic mass is 16.6. The molecule has 2 aliphatic heterocycles. The molecule has 0 atom stereocenters. The summed E-state index contributed by atoms with van der Waals surface area (Å²) in [4.78, 5) is 40.8. The van der Waals surface area contributed by atoms with Crippen LogP contribution in [-0.4, -0.2) is 23.9 Å². The lowest BCUT2D eigenvalue weighted by atomic mass is 10.3. The van der Waals surface area contributed by atoms with Gasteiger partial charge < -0.3 is 9.47 Å². The van der Waals surface area contributed by atoms with E-state index in [0.29, 0.717) is 5.57 Å². The molecule has 3 rings (SSSR count). The number of hydrogen-bond donors (Lipinski definition) is 0. The molecule has 0 radical (unpaired) electrons. The Morgan fingerprint density at radius 3 is 1.68 bits per heavy atom. The van der Waals surface area contributed by atoms with Crippen LogP contribution in [0.25, 0.3) is 0 Å². The van der Waals surface area contributed by atoms with Crippen molar-refractivity contribution in [1.82, 2.24) is 0 Å². The molecule has 0 aromatic carbocycles.